The van der Waals surface area contributed by atoms with Crippen LogP contribution in [-0.2, 0) is 4.74 Å². The summed E-state index contributed by atoms with van der Waals surface area (Å²) >= 11 is 0. The maximum Gasteiger partial charge on any atom is 0.338 e. The summed E-state index contributed by atoms with van der Waals surface area (Å²) in [5, 5.41) is 11.3. The molecule has 0 aliphatic rings. The predicted octanol–water partition coefficient (Wildman–Crippen LogP) is 1.38. The topological polar surface area (TPSA) is 88.8 Å². The van der Waals surface area contributed by atoms with Crippen LogP contribution in [0.5, 0.6) is 0 Å². The molecule has 0 spiro atoms. The van der Waals surface area contributed by atoms with Crippen molar-refractivity contribution in [1.29, 1.82) is 0 Å². The van der Waals surface area contributed by atoms with Crippen LogP contribution in [0.4, 0.5) is 0 Å². The van der Waals surface area contributed by atoms with E-state index in [0.29, 0.717) is 6.54 Å². The zero-order valence-electron chi connectivity index (χ0n) is 10.6. The van der Waals surface area contributed by atoms with Gasteiger partial charge in [-0.3, -0.25) is 4.79 Å². The minimum absolute atomic E-state index is 0.0222. The van der Waals surface area contributed by atoms with E-state index in [9.17, 15) is 9.59 Å². The molecule has 1 amide bonds. The summed E-state index contributed by atoms with van der Waals surface area (Å²) in [4.78, 5) is 22.3. The molecule has 0 fully saturated rings. The van der Waals surface area contributed by atoms with Crippen LogP contribution in [0.15, 0.2) is 16.7 Å². The number of nitrogens with one attached hydrogen (secondary N) is 1. The van der Waals surface area contributed by atoms with Gasteiger partial charge in [-0.25, -0.2) is 4.79 Å². The molecular formula is C12H17NO5. The highest BCUT2D eigenvalue weighted by Crippen LogP contribution is 2.08. The Kier molecular flexibility index (Phi) is 4.91. The van der Waals surface area contributed by atoms with Crippen molar-refractivity contribution in [2.75, 3.05) is 13.7 Å². The van der Waals surface area contributed by atoms with Gasteiger partial charge in [0.15, 0.2) is 5.76 Å². The molecule has 1 atom stereocenters. The molecule has 18 heavy (non-hydrogen) atoms. The zero-order chi connectivity index (χ0) is 13.7. The van der Waals surface area contributed by atoms with Crippen molar-refractivity contribution in [1.82, 2.24) is 5.32 Å². The Labute approximate surface area is 105 Å². The van der Waals surface area contributed by atoms with Gasteiger partial charge in [0.25, 0.3) is 5.91 Å². The van der Waals surface area contributed by atoms with Gasteiger partial charge in [-0.2, -0.15) is 0 Å². The zero-order valence-corrected chi connectivity index (χ0v) is 10.6. The van der Waals surface area contributed by atoms with Crippen LogP contribution in [0.2, 0.25) is 0 Å². The van der Waals surface area contributed by atoms with E-state index < -0.39 is 11.9 Å². The molecule has 1 aromatic heterocycles. The fourth-order valence-corrected chi connectivity index (χ4v) is 1.44. The summed E-state index contributed by atoms with van der Waals surface area (Å²) in [7, 11) is 1.58. The molecule has 2 N–H and O–H groups in total. The van der Waals surface area contributed by atoms with Crippen LogP contribution in [0.3, 0.4) is 0 Å². The van der Waals surface area contributed by atoms with E-state index in [2.05, 4.69) is 5.32 Å². The lowest BCUT2D eigenvalue weighted by molar-refractivity contribution is 0.0597. The average Bonchev–Trinajstić information content (AvgIpc) is 2.78. The van der Waals surface area contributed by atoms with E-state index >= 15 is 0 Å². The summed E-state index contributed by atoms with van der Waals surface area (Å²) in [6.45, 7) is 4.31. The fraction of sp³-hybridized carbons (Fsp3) is 0.500. The normalized spacial score (nSPS) is 12.4. The molecule has 0 saturated heterocycles. The van der Waals surface area contributed by atoms with E-state index in [1.54, 1.807) is 7.11 Å². The summed E-state index contributed by atoms with van der Waals surface area (Å²) in [6.07, 6.45) is 0.941. The molecule has 1 rings (SSSR count). The number of carbonyl (C=O) groups is 2. The summed E-state index contributed by atoms with van der Waals surface area (Å²) < 4.78 is 10.1. The third-order valence-electron chi connectivity index (χ3n) is 2.58. The van der Waals surface area contributed by atoms with Crippen LogP contribution in [0, 0.1) is 5.92 Å². The number of carboxylic acid groups (broad SMARTS) is 1. The Morgan fingerprint density at radius 3 is 2.61 bits per heavy atom. The lowest BCUT2D eigenvalue weighted by Gasteiger charge is -2.19. The van der Waals surface area contributed by atoms with Crippen LogP contribution in [-0.4, -0.2) is 36.7 Å². The number of methoxy groups -OCH3 is 1. The highest BCUT2D eigenvalue weighted by atomic mass is 16.5. The number of ether oxygens (including phenoxy) is 1. The highest BCUT2D eigenvalue weighted by Gasteiger charge is 2.17. The molecule has 6 nitrogen and oxygen atoms in total. The second kappa shape index (κ2) is 6.20. The van der Waals surface area contributed by atoms with Crippen LogP contribution < -0.4 is 5.32 Å². The van der Waals surface area contributed by atoms with Gasteiger partial charge in [-0.1, -0.05) is 13.8 Å². The number of rotatable bonds is 6. The number of furan rings is 1. The summed E-state index contributed by atoms with van der Waals surface area (Å²) in [5.74, 6) is -1.34. The fourth-order valence-electron chi connectivity index (χ4n) is 1.44. The van der Waals surface area contributed by atoms with E-state index in [1.807, 2.05) is 13.8 Å². The first-order chi connectivity index (χ1) is 8.45. The number of hydrogen-bond donors (Lipinski definition) is 2. The van der Waals surface area contributed by atoms with E-state index in [1.165, 1.54) is 6.07 Å². The van der Waals surface area contributed by atoms with E-state index in [4.69, 9.17) is 14.3 Å². The molecule has 100 valence electrons. The smallest absolute Gasteiger partial charge is 0.338 e. The molecule has 0 aliphatic carbocycles. The van der Waals surface area contributed by atoms with Crippen molar-refractivity contribution in [2.24, 2.45) is 5.92 Å². The quantitative estimate of drug-likeness (QED) is 0.801. The maximum absolute atomic E-state index is 11.7. The van der Waals surface area contributed by atoms with Gasteiger partial charge < -0.3 is 19.6 Å². The third kappa shape index (κ3) is 3.59. The SMILES string of the molecule is COC(CNC(=O)c1cc(C(=O)O)co1)C(C)C. The first kappa shape index (κ1) is 14.2. The molecule has 0 radical (unpaired) electrons. The van der Waals surface area contributed by atoms with Crippen molar-refractivity contribution in [3.05, 3.63) is 23.7 Å². The Morgan fingerprint density at radius 1 is 1.50 bits per heavy atom. The van der Waals surface area contributed by atoms with Gasteiger partial charge >= 0.3 is 5.97 Å². The first-order valence-corrected chi connectivity index (χ1v) is 5.58. The Morgan fingerprint density at radius 2 is 2.17 bits per heavy atom. The Hall–Kier alpha value is -1.82. The molecular weight excluding hydrogens is 238 g/mol. The van der Waals surface area contributed by atoms with Gasteiger partial charge in [-0.15, -0.1) is 0 Å². The van der Waals surface area contributed by atoms with Gasteiger partial charge in [0, 0.05) is 19.7 Å². The summed E-state index contributed by atoms with van der Waals surface area (Å²) in [5.41, 5.74) is -0.0488. The predicted molar refractivity (Wildman–Crippen MR) is 63.6 cm³/mol. The minimum Gasteiger partial charge on any atom is -0.478 e. The van der Waals surface area contributed by atoms with Gasteiger partial charge in [0.1, 0.15) is 6.26 Å². The van der Waals surface area contributed by atoms with Crippen molar-refractivity contribution < 1.29 is 23.8 Å². The van der Waals surface area contributed by atoms with Crippen LogP contribution in [0.25, 0.3) is 0 Å². The molecule has 0 saturated carbocycles. The highest BCUT2D eigenvalue weighted by molar-refractivity contribution is 5.95. The number of aromatic carboxylic acids is 1. The maximum atomic E-state index is 11.7. The number of amides is 1. The van der Waals surface area contributed by atoms with Crippen molar-refractivity contribution >= 4 is 11.9 Å². The number of carbonyl (C=O) groups excluding carboxylic acids is 1. The molecule has 0 aromatic carbocycles. The lowest BCUT2D eigenvalue weighted by atomic mass is 10.1. The van der Waals surface area contributed by atoms with Crippen molar-refractivity contribution in [3.8, 4) is 0 Å². The molecule has 1 unspecified atom stereocenters. The molecule has 0 aliphatic heterocycles. The number of hydrogen-bond acceptors (Lipinski definition) is 4. The molecule has 6 heteroatoms. The second-order valence-corrected chi connectivity index (χ2v) is 4.23. The van der Waals surface area contributed by atoms with Gasteiger partial charge in [0.05, 0.1) is 11.7 Å². The third-order valence-corrected chi connectivity index (χ3v) is 2.58. The Balaban J connectivity index is 2.57. The number of carboxylic acids is 1. The second-order valence-electron chi connectivity index (χ2n) is 4.23. The van der Waals surface area contributed by atoms with E-state index in [-0.39, 0.29) is 23.3 Å². The minimum atomic E-state index is -1.13. The molecule has 0 bridgehead atoms. The lowest BCUT2D eigenvalue weighted by Crippen LogP contribution is -2.35. The average molecular weight is 255 g/mol. The van der Waals surface area contributed by atoms with Gasteiger partial charge in [0.2, 0.25) is 0 Å². The van der Waals surface area contributed by atoms with Gasteiger partial charge in [-0.05, 0) is 5.92 Å². The summed E-state index contributed by atoms with van der Waals surface area (Å²) in [6, 6.07) is 1.19. The van der Waals surface area contributed by atoms with Crippen LogP contribution in [0.1, 0.15) is 34.8 Å². The van der Waals surface area contributed by atoms with E-state index in [0.717, 1.165) is 6.26 Å². The first-order valence-electron chi connectivity index (χ1n) is 5.58. The molecule has 1 heterocycles. The van der Waals surface area contributed by atoms with Crippen molar-refractivity contribution in [3.63, 3.8) is 0 Å². The van der Waals surface area contributed by atoms with Crippen LogP contribution >= 0.6 is 0 Å². The monoisotopic (exact) mass is 255 g/mol. The standard InChI is InChI=1S/C12H17NO5/c1-7(2)10(17-3)5-13-11(14)9-4-8(6-18-9)12(15)16/h4,6-7,10H,5H2,1-3H3,(H,13,14)(H,15,16). The molecule has 1 aromatic rings. The Bertz CT molecular complexity index is 424. The largest absolute Gasteiger partial charge is 0.478 e. The van der Waals surface area contributed by atoms with Crippen molar-refractivity contribution in [2.45, 2.75) is 20.0 Å².